The minimum atomic E-state index is -1.20. The van der Waals surface area contributed by atoms with Gasteiger partial charge in [0.2, 0.25) is 0 Å². The van der Waals surface area contributed by atoms with Crippen molar-refractivity contribution in [2.45, 2.75) is 6.54 Å². The molecule has 0 spiro atoms. The van der Waals surface area contributed by atoms with Gasteiger partial charge in [-0.15, -0.1) is 11.3 Å². The van der Waals surface area contributed by atoms with E-state index in [1.54, 1.807) is 11.7 Å². The quantitative estimate of drug-likeness (QED) is 0.839. The van der Waals surface area contributed by atoms with Gasteiger partial charge in [0, 0.05) is 23.2 Å². The zero-order chi connectivity index (χ0) is 11.5. The molecule has 0 bridgehead atoms. The lowest BCUT2D eigenvalue weighted by molar-refractivity contribution is 0.497. The maximum atomic E-state index is 13.2. The molecule has 0 aliphatic heterocycles. The van der Waals surface area contributed by atoms with Gasteiger partial charge in [-0.05, 0) is 0 Å². The fourth-order valence-corrected chi connectivity index (χ4v) is 1.73. The van der Waals surface area contributed by atoms with Crippen LogP contribution >= 0.6 is 11.3 Å². The summed E-state index contributed by atoms with van der Waals surface area (Å²) in [6.45, 7) is 0.282. The number of nitrogens with one attached hydrogen (secondary N) is 1. The highest BCUT2D eigenvalue weighted by Crippen LogP contribution is 2.20. The van der Waals surface area contributed by atoms with E-state index in [-0.39, 0.29) is 12.2 Å². The molecule has 1 N–H and O–H groups in total. The van der Waals surface area contributed by atoms with Crippen molar-refractivity contribution in [3.05, 3.63) is 46.2 Å². The fraction of sp³-hybridized carbons (Fsp3) is 0.100. The van der Waals surface area contributed by atoms with Gasteiger partial charge in [0.25, 0.3) is 0 Å². The molecule has 6 heteroatoms. The summed E-state index contributed by atoms with van der Waals surface area (Å²) in [5, 5.41) is 2.61. The molecular weight excluding hydrogens is 237 g/mol. The van der Waals surface area contributed by atoms with E-state index in [4.69, 9.17) is 0 Å². The SMILES string of the molecule is Fc1cc(F)c(F)c(NCc2cncs2)c1. The Kier molecular flexibility index (Phi) is 3.09. The van der Waals surface area contributed by atoms with Crippen LogP contribution < -0.4 is 5.32 Å². The Balaban J connectivity index is 2.15. The van der Waals surface area contributed by atoms with Crippen LogP contribution in [-0.2, 0) is 6.54 Å². The van der Waals surface area contributed by atoms with Crippen molar-refractivity contribution in [3.8, 4) is 0 Å². The number of hydrogen-bond donors (Lipinski definition) is 1. The first-order chi connectivity index (χ1) is 7.66. The van der Waals surface area contributed by atoms with E-state index in [2.05, 4.69) is 10.3 Å². The molecule has 0 amide bonds. The average molecular weight is 244 g/mol. The molecule has 1 heterocycles. The summed E-state index contributed by atoms with van der Waals surface area (Å²) < 4.78 is 38.9. The van der Waals surface area contributed by atoms with Gasteiger partial charge < -0.3 is 5.32 Å². The van der Waals surface area contributed by atoms with Crippen LogP contribution in [0.4, 0.5) is 18.9 Å². The molecule has 16 heavy (non-hydrogen) atoms. The highest BCUT2D eigenvalue weighted by molar-refractivity contribution is 7.09. The predicted octanol–water partition coefficient (Wildman–Crippen LogP) is 3.17. The van der Waals surface area contributed by atoms with Gasteiger partial charge in [-0.1, -0.05) is 0 Å². The minimum absolute atomic E-state index is 0.189. The third-order valence-electron chi connectivity index (χ3n) is 1.93. The molecule has 2 aromatic rings. The number of halogens is 3. The molecule has 1 aromatic heterocycles. The molecule has 2 rings (SSSR count). The minimum Gasteiger partial charge on any atom is -0.378 e. The second kappa shape index (κ2) is 4.52. The van der Waals surface area contributed by atoms with E-state index >= 15 is 0 Å². The lowest BCUT2D eigenvalue weighted by Gasteiger charge is -2.06. The smallest absolute Gasteiger partial charge is 0.182 e. The summed E-state index contributed by atoms with van der Waals surface area (Å²) >= 11 is 1.37. The summed E-state index contributed by atoms with van der Waals surface area (Å²) in [7, 11) is 0. The molecule has 84 valence electrons. The van der Waals surface area contributed by atoms with Crippen LogP contribution in [0.1, 0.15) is 4.88 Å². The molecule has 2 nitrogen and oxygen atoms in total. The third-order valence-corrected chi connectivity index (χ3v) is 2.71. The summed E-state index contributed by atoms with van der Waals surface area (Å²) in [5.41, 5.74) is 1.44. The topological polar surface area (TPSA) is 24.9 Å². The van der Waals surface area contributed by atoms with E-state index in [1.807, 2.05) is 0 Å². The van der Waals surface area contributed by atoms with Crippen molar-refractivity contribution >= 4 is 17.0 Å². The second-order valence-corrected chi connectivity index (χ2v) is 4.04. The Morgan fingerprint density at radius 2 is 2.06 bits per heavy atom. The summed E-state index contributed by atoms with van der Waals surface area (Å²) in [4.78, 5) is 4.68. The van der Waals surface area contributed by atoms with Gasteiger partial charge in [-0.2, -0.15) is 0 Å². The number of thiazole rings is 1. The highest BCUT2D eigenvalue weighted by Gasteiger charge is 2.10. The van der Waals surface area contributed by atoms with Gasteiger partial charge >= 0.3 is 0 Å². The first-order valence-electron chi connectivity index (χ1n) is 4.42. The van der Waals surface area contributed by atoms with Crippen LogP contribution in [0.3, 0.4) is 0 Å². The summed E-state index contributed by atoms with van der Waals surface area (Å²) in [5.74, 6) is -3.09. The van der Waals surface area contributed by atoms with Crippen LogP contribution in [-0.4, -0.2) is 4.98 Å². The number of benzene rings is 1. The summed E-state index contributed by atoms with van der Waals surface area (Å²) in [6.07, 6.45) is 1.60. The number of hydrogen-bond acceptors (Lipinski definition) is 3. The Hall–Kier alpha value is -1.56. The lowest BCUT2D eigenvalue weighted by Crippen LogP contribution is -2.02. The predicted molar refractivity (Wildman–Crippen MR) is 55.8 cm³/mol. The van der Waals surface area contributed by atoms with Crippen molar-refractivity contribution < 1.29 is 13.2 Å². The molecule has 0 atom stereocenters. The van der Waals surface area contributed by atoms with E-state index in [9.17, 15) is 13.2 Å². The third kappa shape index (κ3) is 2.33. The Morgan fingerprint density at radius 1 is 1.25 bits per heavy atom. The van der Waals surface area contributed by atoms with Crippen molar-refractivity contribution in [1.82, 2.24) is 4.98 Å². The highest BCUT2D eigenvalue weighted by atomic mass is 32.1. The molecule has 0 fully saturated rings. The number of nitrogens with zero attached hydrogens (tertiary/aromatic N) is 1. The molecule has 1 aromatic carbocycles. The lowest BCUT2D eigenvalue weighted by atomic mass is 10.3. The number of rotatable bonds is 3. The molecule has 0 radical (unpaired) electrons. The summed E-state index contributed by atoms with van der Waals surface area (Å²) in [6, 6.07) is 1.42. The van der Waals surface area contributed by atoms with Crippen molar-refractivity contribution in [1.29, 1.82) is 0 Å². The van der Waals surface area contributed by atoms with Crippen LogP contribution in [0, 0.1) is 17.5 Å². The van der Waals surface area contributed by atoms with E-state index < -0.39 is 17.5 Å². The van der Waals surface area contributed by atoms with Gasteiger partial charge in [0.15, 0.2) is 11.6 Å². The zero-order valence-electron chi connectivity index (χ0n) is 8.01. The Bertz CT molecular complexity index is 485. The van der Waals surface area contributed by atoms with Crippen molar-refractivity contribution in [2.75, 3.05) is 5.32 Å². The van der Waals surface area contributed by atoms with Crippen LogP contribution in [0.15, 0.2) is 23.8 Å². The Morgan fingerprint density at radius 3 is 2.75 bits per heavy atom. The molecule has 0 aliphatic rings. The van der Waals surface area contributed by atoms with Gasteiger partial charge in [-0.3, -0.25) is 4.98 Å². The number of anilines is 1. The zero-order valence-corrected chi connectivity index (χ0v) is 8.82. The Labute approximate surface area is 93.8 Å². The monoisotopic (exact) mass is 244 g/mol. The largest absolute Gasteiger partial charge is 0.378 e. The normalized spacial score (nSPS) is 10.4. The van der Waals surface area contributed by atoms with Gasteiger partial charge in [0.05, 0.1) is 17.7 Å². The molecule has 0 saturated heterocycles. The van der Waals surface area contributed by atoms with Crippen LogP contribution in [0.5, 0.6) is 0 Å². The van der Waals surface area contributed by atoms with E-state index in [0.717, 1.165) is 10.9 Å². The van der Waals surface area contributed by atoms with E-state index in [1.165, 1.54) is 11.3 Å². The fourth-order valence-electron chi connectivity index (χ4n) is 1.20. The van der Waals surface area contributed by atoms with Crippen LogP contribution in [0.2, 0.25) is 0 Å². The van der Waals surface area contributed by atoms with Crippen LogP contribution in [0.25, 0.3) is 0 Å². The second-order valence-electron chi connectivity index (χ2n) is 3.07. The maximum absolute atomic E-state index is 13.2. The molecule has 0 unspecified atom stereocenters. The van der Waals surface area contributed by atoms with Crippen molar-refractivity contribution in [3.63, 3.8) is 0 Å². The van der Waals surface area contributed by atoms with E-state index in [0.29, 0.717) is 6.07 Å². The molecular formula is C10H7F3N2S. The average Bonchev–Trinajstić information content (AvgIpc) is 2.74. The first kappa shape index (κ1) is 10.9. The van der Waals surface area contributed by atoms with Crippen molar-refractivity contribution in [2.24, 2.45) is 0 Å². The van der Waals surface area contributed by atoms with Gasteiger partial charge in [-0.25, -0.2) is 13.2 Å². The number of aromatic nitrogens is 1. The standard InChI is InChI=1S/C10H7F3N2S/c11-6-1-8(12)10(13)9(2-6)15-4-7-3-14-5-16-7/h1-3,5,15H,4H2. The van der Waals surface area contributed by atoms with Gasteiger partial charge in [0.1, 0.15) is 5.82 Å². The maximum Gasteiger partial charge on any atom is 0.182 e. The first-order valence-corrected chi connectivity index (χ1v) is 5.30. The molecule has 0 saturated carbocycles. The molecule has 0 aliphatic carbocycles.